The molecule has 0 aromatic heterocycles. The second-order valence-corrected chi connectivity index (χ2v) is 2.44. The van der Waals surface area contributed by atoms with Gasteiger partial charge in [0.2, 0.25) is 0 Å². The van der Waals surface area contributed by atoms with Crippen molar-refractivity contribution in [1.82, 2.24) is 0 Å². The topological polar surface area (TPSA) is 96.8 Å². The van der Waals surface area contributed by atoms with Crippen LogP contribution in [-0.2, 0) is 14.5 Å². The highest BCUT2D eigenvalue weighted by Gasteiger charge is 2.13. The van der Waals surface area contributed by atoms with Crippen molar-refractivity contribution in [3.63, 3.8) is 0 Å². The molecule has 0 aliphatic heterocycles. The lowest BCUT2D eigenvalue weighted by molar-refractivity contribution is -0.142. The molecule has 0 heterocycles. The first-order valence-corrected chi connectivity index (χ1v) is 3.97. The Labute approximate surface area is 85.9 Å². The number of hydrogen-bond acceptors (Lipinski definition) is 6. The highest BCUT2D eigenvalue weighted by atomic mass is 16.7. The highest BCUT2D eigenvalue weighted by molar-refractivity contribution is 5.86. The van der Waals surface area contributed by atoms with E-state index < -0.39 is 5.97 Å². The van der Waals surface area contributed by atoms with Crippen LogP contribution < -0.4 is 16.5 Å². The van der Waals surface area contributed by atoms with Gasteiger partial charge in [0.1, 0.15) is 5.75 Å². The van der Waals surface area contributed by atoms with Crippen molar-refractivity contribution in [3.05, 3.63) is 42.4 Å². The summed E-state index contributed by atoms with van der Waals surface area (Å²) in [6, 6.07) is 8.58. The average molecular weight is 210 g/mol. The van der Waals surface area contributed by atoms with Crippen LogP contribution in [0.5, 0.6) is 5.75 Å². The van der Waals surface area contributed by atoms with Gasteiger partial charge in [0, 0.05) is 0 Å². The summed E-state index contributed by atoms with van der Waals surface area (Å²) in [7, 11) is 0. The first kappa shape index (κ1) is 11.0. The number of para-hydroxylation sites is 1. The Hall–Kier alpha value is -2.05. The molecule has 6 heteroatoms. The second kappa shape index (κ2) is 5.63. The molecule has 4 N–H and O–H groups in total. The SMILES string of the molecule is NO/C=C(\Oc1ccccc1)C(=O)ON. The number of carbonyl (C=O) groups is 1. The molecule has 1 aromatic carbocycles. The Bertz CT molecular complexity index is 350. The number of benzene rings is 1. The quantitative estimate of drug-likeness (QED) is 0.419. The van der Waals surface area contributed by atoms with E-state index in [9.17, 15) is 4.79 Å². The Balaban J connectivity index is 2.76. The van der Waals surface area contributed by atoms with Gasteiger partial charge in [-0.1, -0.05) is 18.2 Å². The smallest absolute Gasteiger partial charge is 0.396 e. The summed E-state index contributed by atoms with van der Waals surface area (Å²) in [5, 5.41) is 0. The van der Waals surface area contributed by atoms with E-state index in [4.69, 9.17) is 16.5 Å². The standard InChI is InChI=1S/C9H10N2O4/c10-13-6-8(9(12)15-11)14-7-4-2-1-3-5-7/h1-6H,10-11H2/b8-6-. The van der Waals surface area contributed by atoms with Gasteiger partial charge in [0.15, 0.2) is 6.26 Å². The van der Waals surface area contributed by atoms with Crippen LogP contribution in [0.2, 0.25) is 0 Å². The maximum absolute atomic E-state index is 11.0. The number of ether oxygens (including phenoxy) is 1. The predicted molar refractivity (Wildman–Crippen MR) is 50.7 cm³/mol. The van der Waals surface area contributed by atoms with E-state index in [1.807, 2.05) is 0 Å². The predicted octanol–water partition coefficient (Wildman–Crippen LogP) is 0.214. The number of nitrogens with two attached hydrogens (primary N) is 2. The largest absolute Gasteiger partial charge is 0.447 e. The fourth-order valence-corrected chi connectivity index (χ4v) is 0.849. The van der Waals surface area contributed by atoms with Crippen LogP contribution >= 0.6 is 0 Å². The molecule has 0 saturated carbocycles. The summed E-state index contributed by atoms with van der Waals surface area (Å²) in [5.74, 6) is 8.77. The van der Waals surface area contributed by atoms with Crippen LogP contribution in [-0.4, -0.2) is 5.97 Å². The second-order valence-electron chi connectivity index (χ2n) is 2.44. The molecule has 0 unspecified atom stereocenters. The van der Waals surface area contributed by atoms with Crippen LogP contribution in [0.3, 0.4) is 0 Å². The Morgan fingerprint density at radius 2 is 1.87 bits per heavy atom. The van der Waals surface area contributed by atoms with Gasteiger partial charge in [0.05, 0.1) is 0 Å². The van der Waals surface area contributed by atoms with Crippen molar-refractivity contribution in [3.8, 4) is 5.75 Å². The van der Waals surface area contributed by atoms with Crippen molar-refractivity contribution < 1.29 is 19.2 Å². The van der Waals surface area contributed by atoms with Crippen molar-refractivity contribution >= 4 is 5.97 Å². The summed E-state index contributed by atoms with van der Waals surface area (Å²) in [4.78, 5) is 19.2. The fourth-order valence-electron chi connectivity index (χ4n) is 0.849. The summed E-state index contributed by atoms with van der Waals surface area (Å²) in [6.45, 7) is 0. The third-order valence-electron chi connectivity index (χ3n) is 1.45. The van der Waals surface area contributed by atoms with E-state index in [0.717, 1.165) is 6.26 Å². The molecule has 0 amide bonds. The van der Waals surface area contributed by atoms with Gasteiger partial charge in [-0.05, 0) is 12.1 Å². The molecule has 0 aliphatic rings. The third-order valence-corrected chi connectivity index (χ3v) is 1.45. The normalized spacial score (nSPS) is 10.7. The van der Waals surface area contributed by atoms with E-state index in [2.05, 4.69) is 9.68 Å². The summed E-state index contributed by atoms with van der Waals surface area (Å²) >= 11 is 0. The Morgan fingerprint density at radius 1 is 1.20 bits per heavy atom. The van der Waals surface area contributed by atoms with Crippen molar-refractivity contribution in [1.29, 1.82) is 0 Å². The maximum Gasteiger partial charge on any atom is 0.396 e. The molecular weight excluding hydrogens is 200 g/mol. The highest BCUT2D eigenvalue weighted by Crippen LogP contribution is 2.13. The molecule has 0 fully saturated rings. The van der Waals surface area contributed by atoms with Crippen LogP contribution in [0.4, 0.5) is 0 Å². The zero-order valence-corrected chi connectivity index (χ0v) is 7.75. The molecule has 0 atom stereocenters. The minimum absolute atomic E-state index is 0.244. The van der Waals surface area contributed by atoms with Gasteiger partial charge in [-0.2, -0.15) is 11.8 Å². The van der Waals surface area contributed by atoms with Gasteiger partial charge in [-0.15, -0.1) is 0 Å². The summed E-state index contributed by atoms with van der Waals surface area (Å²) in [5.41, 5.74) is 0. The minimum Gasteiger partial charge on any atom is -0.447 e. The van der Waals surface area contributed by atoms with Crippen LogP contribution in [0, 0.1) is 0 Å². The molecule has 1 rings (SSSR count). The summed E-state index contributed by atoms with van der Waals surface area (Å²) < 4.78 is 5.11. The first-order chi connectivity index (χ1) is 7.27. The molecule has 80 valence electrons. The average Bonchev–Trinajstić information content (AvgIpc) is 2.29. The molecule has 0 radical (unpaired) electrons. The third kappa shape index (κ3) is 3.29. The lowest BCUT2D eigenvalue weighted by Crippen LogP contribution is -2.17. The monoisotopic (exact) mass is 210 g/mol. The van der Waals surface area contributed by atoms with Gasteiger partial charge < -0.3 is 14.4 Å². The first-order valence-electron chi connectivity index (χ1n) is 3.97. The van der Waals surface area contributed by atoms with Crippen molar-refractivity contribution in [2.24, 2.45) is 11.8 Å². The minimum atomic E-state index is -0.885. The van der Waals surface area contributed by atoms with Crippen LogP contribution in [0.25, 0.3) is 0 Å². The van der Waals surface area contributed by atoms with Crippen molar-refractivity contribution in [2.45, 2.75) is 0 Å². The Kier molecular flexibility index (Phi) is 4.14. The van der Waals surface area contributed by atoms with E-state index in [0.29, 0.717) is 5.75 Å². The number of hydrogen-bond donors (Lipinski definition) is 2. The van der Waals surface area contributed by atoms with E-state index in [1.165, 1.54) is 0 Å². The molecule has 0 bridgehead atoms. The van der Waals surface area contributed by atoms with Crippen molar-refractivity contribution in [2.75, 3.05) is 0 Å². The van der Waals surface area contributed by atoms with E-state index in [-0.39, 0.29) is 5.76 Å². The van der Waals surface area contributed by atoms with Gasteiger partial charge in [-0.3, -0.25) is 0 Å². The maximum atomic E-state index is 11.0. The zero-order valence-electron chi connectivity index (χ0n) is 7.75. The lowest BCUT2D eigenvalue weighted by Gasteiger charge is -2.06. The number of rotatable bonds is 4. The van der Waals surface area contributed by atoms with Crippen LogP contribution in [0.1, 0.15) is 0 Å². The molecular formula is C9H10N2O4. The zero-order chi connectivity index (χ0) is 11.1. The molecule has 1 aromatic rings. The Morgan fingerprint density at radius 3 is 2.40 bits per heavy atom. The van der Waals surface area contributed by atoms with Gasteiger partial charge in [0.25, 0.3) is 5.76 Å². The van der Waals surface area contributed by atoms with E-state index in [1.54, 1.807) is 30.3 Å². The molecule has 15 heavy (non-hydrogen) atoms. The lowest BCUT2D eigenvalue weighted by atomic mass is 10.3. The molecule has 6 nitrogen and oxygen atoms in total. The van der Waals surface area contributed by atoms with E-state index >= 15 is 0 Å². The summed E-state index contributed by atoms with van der Waals surface area (Å²) in [6.07, 6.45) is 0.891. The molecule has 0 aliphatic carbocycles. The molecule has 0 spiro atoms. The van der Waals surface area contributed by atoms with Crippen LogP contribution in [0.15, 0.2) is 42.4 Å². The fraction of sp³-hybridized carbons (Fsp3) is 0. The van der Waals surface area contributed by atoms with Gasteiger partial charge in [-0.25, -0.2) is 4.79 Å². The van der Waals surface area contributed by atoms with Gasteiger partial charge >= 0.3 is 5.97 Å². The number of carbonyl (C=O) groups excluding carboxylic acids is 1. The molecule has 0 saturated heterocycles.